The maximum Gasteiger partial charge on any atom is 0.258 e. The molecule has 32 heavy (non-hydrogen) atoms. The quantitative estimate of drug-likeness (QED) is 0.489. The van der Waals surface area contributed by atoms with Crippen molar-refractivity contribution in [1.29, 1.82) is 0 Å². The number of hydrogen-bond acceptors (Lipinski definition) is 6. The molecule has 1 aromatic carbocycles. The minimum Gasteiger partial charge on any atom is -0.493 e. The zero-order valence-corrected chi connectivity index (χ0v) is 19.5. The van der Waals surface area contributed by atoms with Crippen molar-refractivity contribution in [3.05, 3.63) is 69.8 Å². The summed E-state index contributed by atoms with van der Waals surface area (Å²) in [5.41, 5.74) is 0.459. The van der Waals surface area contributed by atoms with Gasteiger partial charge in [-0.05, 0) is 63.2 Å². The van der Waals surface area contributed by atoms with Gasteiger partial charge in [0.25, 0.3) is 11.8 Å². The number of nitrogens with one attached hydrogen (secondary N) is 1. The third kappa shape index (κ3) is 6.37. The summed E-state index contributed by atoms with van der Waals surface area (Å²) in [7, 11) is 1.50. The van der Waals surface area contributed by atoms with E-state index in [0.29, 0.717) is 35.9 Å². The molecule has 0 aliphatic rings. The highest BCUT2D eigenvalue weighted by molar-refractivity contribution is 7.11. The molecule has 0 bridgehead atoms. The Labute approximate surface area is 191 Å². The molecule has 0 saturated carbocycles. The Morgan fingerprint density at radius 2 is 1.94 bits per heavy atom. The first kappa shape index (κ1) is 23.4. The molecular weight excluding hydrogens is 428 g/mol. The number of methoxy groups -OCH3 is 1. The minimum absolute atomic E-state index is 0.0280. The van der Waals surface area contributed by atoms with Gasteiger partial charge in [-0.1, -0.05) is 0 Å². The molecule has 2 heterocycles. The van der Waals surface area contributed by atoms with Crippen molar-refractivity contribution in [2.75, 3.05) is 13.7 Å². The average molecular weight is 457 g/mol. The Morgan fingerprint density at radius 1 is 1.12 bits per heavy atom. The third-order valence-corrected chi connectivity index (χ3v) is 5.56. The minimum atomic E-state index is -0.224. The van der Waals surface area contributed by atoms with Crippen molar-refractivity contribution in [2.45, 2.75) is 39.9 Å². The van der Waals surface area contributed by atoms with E-state index in [4.69, 9.17) is 13.9 Å². The van der Waals surface area contributed by atoms with Gasteiger partial charge in [0.1, 0.15) is 5.76 Å². The number of benzene rings is 1. The van der Waals surface area contributed by atoms with Crippen LogP contribution in [-0.4, -0.2) is 36.5 Å². The second kappa shape index (κ2) is 10.9. The van der Waals surface area contributed by atoms with Gasteiger partial charge in [-0.15, -0.1) is 11.3 Å². The number of rotatable bonds is 10. The Balaban J connectivity index is 1.78. The van der Waals surface area contributed by atoms with Crippen molar-refractivity contribution in [1.82, 2.24) is 10.2 Å². The molecule has 2 amide bonds. The number of carbonyl (C=O) groups is 2. The molecule has 7 nitrogen and oxygen atoms in total. The van der Waals surface area contributed by atoms with Crippen molar-refractivity contribution in [3.63, 3.8) is 0 Å². The summed E-state index contributed by atoms with van der Waals surface area (Å²) < 4.78 is 16.5. The maximum absolute atomic E-state index is 13.4. The molecule has 0 aliphatic heterocycles. The molecule has 3 aromatic rings. The Morgan fingerprint density at radius 3 is 2.56 bits per heavy atom. The molecule has 0 radical (unpaired) electrons. The first-order valence-electron chi connectivity index (χ1n) is 10.3. The van der Waals surface area contributed by atoms with E-state index in [1.165, 1.54) is 12.0 Å². The molecular formula is C24H28N2O5S. The summed E-state index contributed by atoms with van der Waals surface area (Å²) in [6, 6.07) is 12.7. The van der Waals surface area contributed by atoms with Crippen LogP contribution in [0.3, 0.4) is 0 Å². The lowest BCUT2D eigenvalue weighted by molar-refractivity contribution is -0.123. The van der Waals surface area contributed by atoms with Crippen LogP contribution >= 0.6 is 11.3 Å². The van der Waals surface area contributed by atoms with Crippen molar-refractivity contribution >= 4 is 23.2 Å². The Kier molecular flexibility index (Phi) is 7.94. The van der Waals surface area contributed by atoms with Gasteiger partial charge in [0.2, 0.25) is 0 Å². The van der Waals surface area contributed by atoms with Gasteiger partial charge >= 0.3 is 0 Å². The van der Waals surface area contributed by atoms with E-state index in [9.17, 15) is 9.59 Å². The molecule has 0 spiro atoms. The number of nitrogens with zero attached hydrogens (tertiary/aromatic N) is 1. The van der Waals surface area contributed by atoms with Crippen molar-refractivity contribution < 1.29 is 23.5 Å². The van der Waals surface area contributed by atoms with Gasteiger partial charge in [0.15, 0.2) is 18.1 Å². The normalized spacial score (nSPS) is 10.8. The molecule has 0 atom stereocenters. The third-order valence-electron chi connectivity index (χ3n) is 4.58. The summed E-state index contributed by atoms with van der Waals surface area (Å²) in [4.78, 5) is 29.3. The number of thiophene rings is 1. The lowest BCUT2D eigenvalue weighted by Gasteiger charge is -2.22. The van der Waals surface area contributed by atoms with Crippen LogP contribution in [0.2, 0.25) is 0 Å². The van der Waals surface area contributed by atoms with E-state index in [0.717, 1.165) is 4.88 Å². The van der Waals surface area contributed by atoms with Crippen LogP contribution in [0, 0.1) is 6.92 Å². The zero-order chi connectivity index (χ0) is 23.1. The predicted octanol–water partition coefficient (Wildman–Crippen LogP) is 4.40. The molecule has 3 rings (SSSR count). The first-order chi connectivity index (χ1) is 15.4. The lowest BCUT2D eigenvalue weighted by Crippen LogP contribution is -2.34. The summed E-state index contributed by atoms with van der Waals surface area (Å²) >= 11 is 1.66. The van der Waals surface area contributed by atoms with Crippen LogP contribution < -0.4 is 14.8 Å². The topological polar surface area (TPSA) is 81.0 Å². The van der Waals surface area contributed by atoms with Gasteiger partial charge in [0.05, 0.1) is 26.5 Å². The van der Waals surface area contributed by atoms with Crippen molar-refractivity contribution in [3.8, 4) is 11.5 Å². The molecule has 1 N–H and O–H groups in total. The van der Waals surface area contributed by atoms with E-state index < -0.39 is 0 Å². The number of carbonyl (C=O) groups excluding carboxylic acids is 2. The number of furan rings is 1. The zero-order valence-electron chi connectivity index (χ0n) is 18.7. The van der Waals surface area contributed by atoms with E-state index in [-0.39, 0.29) is 24.5 Å². The summed E-state index contributed by atoms with van der Waals surface area (Å²) in [6.45, 7) is 6.48. The molecule has 0 fully saturated rings. The maximum atomic E-state index is 13.4. The van der Waals surface area contributed by atoms with E-state index in [1.54, 1.807) is 46.8 Å². The Bertz CT molecular complexity index is 1040. The highest BCUT2D eigenvalue weighted by Gasteiger charge is 2.20. The summed E-state index contributed by atoms with van der Waals surface area (Å²) in [5, 5.41) is 2.77. The van der Waals surface area contributed by atoms with E-state index in [2.05, 4.69) is 5.32 Å². The van der Waals surface area contributed by atoms with Gasteiger partial charge in [-0.25, -0.2) is 0 Å². The predicted molar refractivity (Wildman–Crippen MR) is 123 cm³/mol. The second-order valence-corrected chi connectivity index (χ2v) is 9.00. The van der Waals surface area contributed by atoms with Crippen LogP contribution in [0.15, 0.2) is 53.1 Å². The monoisotopic (exact) mass is 456 g/mol. The highest BCUT2D eigenvalue weighted by atomic mass is 32.1. The van der Waals surface area contributed by atoms with Gasteiger partial charge in [-0.2, -0.15) is 0 Å². The summed E-state index contributed by atoms with van der Waals surface area (Å²) in [6.07, 6.45) is 1.60. The molecule has 0 unspecified atom stereocenters. The number of amides is 2. The van der Waals surface area contributed by atoms with Gasteiger partial charge in [-0.3, -0.25) is 9.59 Å². The standard InChI is InChI=1S/C24H28N2O5S/c1-16(2)25-23(27)15-31-21-10-8-18(12-22(21)29-4)24(28)26(13-19-6-5-11-30-19)14-20-9-7-17(3)32-20/h5-12,16H,13-15H2,1-4H3,(H,25,27). The number of aryl methyl sites for hydroxylation is 1. The molecule has 2 aromatic heterocycles. The SMILES string of the molecule is COc1cc(C(=O)N(Cc2ccco2)Cc2ccc(C)s2)ccc1OCC(=O)NC(C)C. The van der Waals surface area contributed by atoms with E-state index >= 15 is 0 Å². The summed E-state index contributed by atoms with van der Waals surface area (Å²) in [5.74, 6) is 1.11. The smallest absolute Gasteiger partial charge is 0.258 e. The average Bonchev–Trinajstić information content (AvgIpc) is 3.42. The molecule has 0 saturated heterocycles. The van der Waals surface area contributed by atoms with Crippen LogP contribution in [0.1, 0.15) is 39.7 Å². The van der Waals surface area contributed by atoms with Crippen LogP contribution in [0.4, 0.5) is 0 Å². The number of hydrogen-bond donors (Lipinski definition) is 1. The highest BCUT2D eigenvalue weighted by Crippen LogP contribution is 2.29. The van der Waals surface area contributed by atoms with Crippen LogP contribution in [-0.2, 0) is 17.9 Å². The Hall–Kier alpha value is -3.26. The van der Waals surface area contributed by atoms with Gasteiger partial charge in [0, 0.05) is 21.4 Å². The molecule has 0 aliphatic carbocycles. The van der Waals surface area contributed by atoms with Crippen LogP contribution in [0.25, 0.3) is 0 Å². The largest absolute Gasteiger partial charge is 0.493 e. The first-order valence-corrected chi connectivity index (χ1v) is 11.1. The van der Waals surface area contributed by atoms with Gasteiger partial charge < -0.3 is 24.1 Å². The van der Waals surface area contributed by atoms with Crippen LogP contribution in [0.5, 0.6) is 11.5 Å². The van der Waals surface area contributed by atoms with E-state index in [1.807, 2.05) is 39.0 Å². The number of ether oxygens (including phenoxy) is 2. The fraction of sp³-hybridized carbons (Fsp3) is 0.333. The second-order valence-electron chi connectivity index (χ2n) is 7.63. The molecule has 170 valence electrons. The van der Waals surface area contributed by atoms with Crippen molar-refractivity contribution in [2.24, 2.45) is 0 Å². The fourth-order valence-corrected chi connectivity index (χ4v) is 4.06. The molecule has 8 heteroatoms. The fourth-order valence-electron chi connectivity index (χ4n) is 3.16. The lowest BCUT2D eigenvalue weighted by atomic mass is 10.1.